The highest BCUT2D eigenvalue weighted by atomic mass is 31.2. The molecule has 0 amide bonds. The van der Waals surface area contributed by atoms with Crippen molar-refractivity contribution in [3.05, 3.63) is 0 Å². The Morgan fingerprint density at radius 2 is 1.53 bits per heavy atom. The Kier molecular flexibility index (Phi) is 5.82. The number of hydrogen-bond acceptors (Lipinski definition) is 3. The standard InChI is InChI=1S/C7H10F7O4P/c1-2-17-19(15,16)18-4-3-5(8,9)6(10,11)7(12,13)14/h2-4H2,1H3,(H,15,16). The monoisotopic (exact) mass is 322 g/mol. The molecule has 0 aromatic heterocycles. The maximum Gasteiger partial charge on any atom is 0.472 e. The number of halogens is 7. The normalized spacial score (nSPS) is 17.3. The van der Waals surface area contributed by atoms with Crippen molar-refractivity contribution in [2.45, 2.75) is 31.4 Å². The van der Waals surface area contributed by atoms with E-state index in [1.807, 2.05) is 0 Å². The second-order valence-electron chi connectivity index (χ2n) is 3.25. The fourth-order valence-electron chi connectivity index (χ4n) is 0.854. The van der Waals surface area contributed by atoms with E-state index in [0.29, 0.717) is 0 Å². The second kappa shape index (κ2) is 5.94. The molecule has 0 bridgehead atoms. The third kappa shape index (κ3) is 4.90. The van der Waals surface area contributed by atoms with E-state index in [-0.39, 0.29) is 6.61 Å². The number of rotatable bonds is 7. The minimum absolute atomic E-state index is 0.344. The molecule has 0 heterocycles. The molecule has 0 rings (SSSR count). The van der Waals surface area contributed by atoms with E-state index < -0.39 is 38.9 Å². The SMILES string of the molecule is CCOP(=O)(O)OCCC(F)(F)C(F)(F)C(F)(F)F. The van der Waals surface area contributed by atoms with Crippen molar-refractivity contribution in [1.82, 2.24) is 0 Å². The molecule has 0 saturated heterocycles. The van der Waals surface area contributed by atoms with E-state index in [9.17, 15) is 35.3 Å². The zero-order chi connectivity index (χ0) is 15.5. The maximum absolute atomic E-state index is 12.7. The van der Waals surface area contributed by atoms with E-state index in [2.05, 4.69) is 9.05 Å². The number of hydrogen-bond donors (Lipinski definition) is 1. The molecule has 1 unspecified atom stereocenters. The zero-order valence-electron chi connectivity index (χ0n) is 9.39. The van der Waals surface area contributed by atoms with Gasteiger partial charge in [-0.2, -0.15) is 30.7 Å². The molecule has 1 N–H and O–H groups in total. The van der Waals surface area contributed by atoms with E-state index >= 15 is 0 Å². The van der Waals surface area contributed by atoms with Crippen molar-refractivity contribution in [2.75, 3.05) is 13.2 Å². The van der Waals surface area contributed by atoms with Gasteiger partial charge in [0.25, 0.3) is 0 Å². The average molecular weight is 322 g/mol. The van der Waals surface area contributed by atoms with Crippen molar-refractivity contribution in [1.29, 1.82) is 0 Å². The van der Waals surface area contributed by atoms with Crippen LogP contribution >= 0.6 is 7.82 Å². The minimum atomic E-state index is -6.45. The highest BCUT2D eigenvalue weighted by Gasteiger charge is 2.72. The number of alkyl halides is 7. The van der Waals surface area contributed by atoms with Crippen LogP contribution in [0.15, 0.2) is 0 Å². The van der Waals surface area contributed by atoms with Crippen molar-refractivity contribution in [2.24, 2.45) is 0 Å². The molecule has 0 saturated carbocycles. The molecule has 0 radical (unpaired) electrons. The van der Waals surface area contributed by atoms with Gasteiger partial charge in [0.15, 0.2) is 0 Å². The lowest BCUT2D eigenvalue weighted by molar-refractivity contribution is -0.356. The fourth-order valence-corrected chi connectivity index (χ4v) is 1.58. The molecule has 0 aromatic rings. The van der Waals surface area contributed by atoms with Gasteiger partial charge in [-0.25, -0.2) is 4.57 Å². The van der Waals surface area contributed by atoms with Crippen LogP contribution < -0.4 is 0 Å². The first-order valence-electron chi connectivity index (χ1n) is 4.71. The summed E-state index contributed by atoms with van der Waals surface area (Å²) in [6.45, 7) is -0.603. The highest BCUT2D eigenvalue weighted by molar-refractivity contribution is 7.47. The Hall–Kier alpha value is -0.380. The van der Waals surface area contributed by atoms with Crippen molar-refractivity contribution in [3.63, 3.8) is 0 Å². The summed E-state index contributed by atoms with van der Waals surface area (Å²) in [5, 5.41) is 0. The summed E-state index contributed by atoms with van der Waals surface area (Å²) in [4.78, 5) is 8.73. The molecule has 0 aliphatic carbocycles. The molecule has 0 fully saturated rings. The van der Waals surface area contributed by atoms with Crippen LogP contribution in [0.5, 0.6) is 0 Å². The van der Waals surface area contributed by atoms with Crippen LogP contribution in [0.2, 0.25) is 0 Å². The fraction of sp³-hybridized carbons (Fsp3) is 1.00. The van der Waals surface area contributed by atoms with Gasteiger partial charge in [0, 0.05) is 6.42 Å². The molecular weight excluding hydrogens is 312 g/mol. The Bertz CT molecular complexity index is 343. The summed E-state index contributed by atoms with van der Waals surface area (Å²) in [5.74, 6) is -11.7. The molecule has 116 valence electrons. The topological polar surface area (TPSA) is 55.8 Å². The third-order valence-corrected chi connectivity index (χ3v) is 2.87. The molecule has 0 aliphatic heterocycles. The summed E-state index contributed by atoms with van der Waals surface area (Å²) in [6.07, 6.45) is -8.55. The largest absolute Gasteiger partial charge is 0.472 e. The van der Waals surface area contributed by atoms with Crippen LogP contribution in [0.4, 0.5) is 30.7 Å². The molecule has 19 heavy (non-hydrogen) atoms. The first-order valence-corrected chi connectivity index (χ1v) is 6.20. The Labute approximate surface area is 103 Å². The Balaban J connectivity index is 4.60. The predicted octanol–water partition coefficient (Wildman–Crippen LogP) is 3.36. The van der Waals surface area contributed by atoms with E-state index in [4.69, 9.17) is 4.89 Å². The average Bonchev–Trinajstić information content (AvgIpc) is 2.14. The molecule has 0 aromatic carbocycles. The smallest absolute Gasteiger partial charge is 0.302 e. The van der Waals surface area contributed by atoms with Gasteiger partial charge >= 0.3 is 25.8 Å². The van der Waals surface area contributed by atoms with Crippen molar-refractivity contribution < 1.29 is 49.2 Å². The molecule has 0 aliphatic rings. The van der Waals surface area contributed by atoms with E-state index in [0.717, 1.165) is 0 Å². The third-order valence-electron chi connectivity index (χ3n) is 1.78. The lowest BCUT2D eigenvalue weighted by atomic mass is 10.1. The van der Waals surface area contributed by atoms with Gasteiger partial charge in [-0.05, 0) is 6.92 Å². The van der Waals surface area contributed by atoms with Crippen molar-refractivity contribution in [3.8, 4) is 0 Å². The van der Waals surface area contributed by atoms with Gasteiger partial charge in [-0.15, -0.1) is 0 Å². The molecule has 12 heteroatoms. The lowest BCUT2D eigenvalue weighted by Gasteiger charge is -2.28. The van der Waals surface area contributed by atoms with Crippen LogP contribution in [0, 0.1) is 0 Å². The van der Waals surface area contributed by atoms with Crippen LogP contribution in [-0.4, -0.2) is 36.1 Å². The molecular formula is C7H10F7O4P. The summed E-state index contributed by atoms with van der Waals surface area (Å²) in [6, 6.07) is 0. The molecule has 4 nitrogen and oxygen atoms in total. The highest BCUT2D eigenvalue weighted by Crippen LogP contribution is 2.49. The molecule has 0 spiro atoms. The first-order chi connectivity index (χ1) is 8.27. The van der Waals surface area contributed by atoms with Crippen LogP contribution in [-0.2, 0) is 13.6 Å². The predicted molar refractivity (Wildman–Crippen MR) is 48.0 cm³/mol. The Morgan fingerprint density at radius 1 is 1.05 bits per heavy atom. The first kappa shape index (κ1) is 18.6. The van der Waals surface area contributed by atoms with Gasteiger partial charge < -0.3 is 4.89 Å². The minimum Gasteiger partial charge on any atom is -0.302 e. The van der Waals surface area contributed by atoms with Crippen LogP contribution in [0.1, 0.15) is 13.3 Å². The Morgan fingerprint density at radius 3 is 1.89 bits per heavy atom. The van der Waals surface area contributed by atoms with Crippen LogP contribution in [0.3, 0.4) is 0 Å². The lowest BCUT2D eigenvalue weighted by Crippen LogP contribution is -2.52. The molecule has 1 atom stereocenters. The summed E-state index contributed by atoms with van der Waals surface area (Å²) < 4.78 is 104. The summed E-state index contributed by atoms with van der Waals surface area (Å²) in [7, 11) is -4.73. The quantitative estimate of drug-likeness (QED) is 0.577. The second-order valence-corrected chi connectivity index (χ2v) is 4.70. The summed E-state index contributed by atoms with van der Waals surface area (Å²) in [5.41, 5.74) is 0. The maximum atomic E-state index is 12.7. The van der Waals surface area contributed by atoms with E-state index in [1.165, 1.54) is 6.92 Å². The number of phosphoric acid groups is 1. The zero-order valence-corrected chi connectivity index (χ0v) is 10.3. The van der Waals surface area contributed by atoms with Gasteiger partial charge in [0.2, 0.25) is 0 Å². The van der Waals surface area contributed by atoms with Crippen LogP contribution in [0.25, 0.3) is 0 Å². The van der Waals surface area contributed by atoms with Gasteiger partial charge in [0.1, 0.15) is 0 Å². The van der Waals surface area contributed by atoms with Gasteiger partial charge in [0.05, 0.1) is 13.2 Å². The van der Waals surface area contributed by atoms with Crippen molar-refractivity contribution >= 4 is 7.82 Å². The number of phosphoric ester groups is 1. The summed E-state index contributed by atoms with van der Waals surface area (Å²) >= 11 is 0. The van der Waals surface area contributed by atoms with E-state index in [1.54, 1.807) is 0 Å². The van der Waals surface area contributed by atoms with Gasteiger partial charge in [-0.3, -0.25) is 9.05 Å². The van der Waals surface area contributed by atoms with Gasteiger partial charge in [-0.1, -0.05) is 0 Å².